The summed E-state index contributed by atoms with van der Waals surface area (Å²) < 4.78 is 0. The Labute approximate surface area is 154 Å². The number of rotatable bonds is 4. The zero-order valence-corrected chi connectivity index (χ0v) is 16.2. The molecule has 0 amide bonds. The highest BCUT2D eigenvalue weighted by atomic mass is 32.1. The lowest BCUT2D eigenvalue weighted by molar-refractivity contribution is 0.371. The molecule has 0 saturated heterocycles. The van der Waals surface area contributed by atoms with Crippen LogP contribution in [-0.4, -0.2) is 24.0 Å². The van der Waals surface area contributed by atoms with E-state index >= 15 is 0 Å². The van der Waals surface area contributed by atoms with Crippen molar-refractivity contribution in [3.63, 3.8) is 0 Å². The molecule has 5 heteroatoms. The average molecular weight is 357 g/mol. The summed E-state index contributed by atoms with van der Waals surface area (Å²) >= 11 is 1.75. The van der Waals surface area contributed by atoms with E-state index in [4.69, 9.17) is 0 Å². The Hall–Kier alpha value is -1.88. The minimum Gasteiger partial charge on any atom is -0.354 e. The molecule has 1 fully saturated rings. The first-order valence-electron chi connectivity index (χ1n) is 9.10. The van der Waals surface area contributed by atoms with E-state index in [-0.39, 0.29) is 0 Å². The second-order valence-electron chi connectivity index (χ2n) is 6.77. The SMILES string of the molecule is CN=C(NCc1sc(C)nc1C)NC1CCC(c2ccccc2)CC1. The lowest BCUT2D eigenvalue weighted by Gasteiger charge is -2.30. The lowest BCUT2D eigenvalue weighted by atomic mass is 9.82. The molecule has 0 atom stereocenters. The largest absolute Gasteiger partial charge is 0.354 e. The van der Waals surface area contributed by atoms with Gasteiger partial charge in [0.05, 0.1) is 17.2 Å². The number of aromatic nitrogens is 1. The van der Waals surface area contributed by atoms with Gasteiger partial charge in [-0.2, -0.15) is 0 Å². The molecule has 0 bridgehead atoms. The van der Waals surface area contributed by atoms with E-state index in [1.807, 2.05) is 7.05 Å². The van der Waals surface area contributed by atoms with Gasteiger partial charge in [-0.25, -0.2) is 4.98 Å². The molecule has 1 saturated carbocycles. The first kappa shape index (κ1) is 17.9. The van der Waals surface area contributed by atoms with Gasteiger partial charge in [-0.3, -0.25) is 4.99 Å². The molecular formula is C20H28N4S. The Morgan fingerprint density at radius 3 is 2.48 bits per heavy atom. The molecule has 25 heavy (non-hydrogen) atoms. The molecule has 2 N–H and O–H groups in total. The van der Waals surface area contributed by atoms with E-state index in [2.05, 4.69) is 64.8 Å². The van der Waals surface area contributed by atoms with Crippen molar-refractivity contribution in [2.75, 3.05) is 7.05 Å². The third-order valence-electron chi connectivity index (χ3n) is 4.98. The second-order valence-corrected chi connectivity index (χ2v) is 8.06. The van der Waals surface area contributed by atoms with Crippen LogP contribution >= 0.6 is 11.3 Å². The lowest BCUT2D eigenvalue weighted by Crippen LogP contribution is -2.44. The highest BCUT2D eigenvalue weighted by Crippen LogP contribution is 2.32. The van der Waals surface area contributed by atoms with Gasteiger partial charge in [0, 0.05) is 18.0 Å². The Morgan fingerprint density at radius 2 is 1.88 bits per heavy atom. The molecule has 1 aromatic heterocycles. The van der Waals surface area contributed by atoms with Crippen LogP contribution in [-0.2, 0) is 6.54 Å². The second kappa shape index (κ2) is 8.48. The molecule has 2 aromatic rings. The smallest absolute Gasteiger partial charge is 0.191 e. The standard InChI is InChI=1S/C20H28N4S/c1-14-19(25-15(2)23-14)13-22-20(21-3)24-18-11-9-17(10-12-18)16-7-5-4-6-8-16/h4-8,17-18H,9-13H2,1-3H3,(H2,21,22,24). The number of aryl methyl sites for hydroxylation is 2. The third-order valence-corrected chi connectivity index (χ3v) is 6.05. The minimum absolute atomic E-state index is 0.510. The van der Waals surface area contributed by atoms with E-state index in [0.29, 0.717) is 12.0 Å². The number of hydrogen-bond acceptors (Lipinski definition) is 3. The van der Waals surface area contributed by atoms with Crippen LogP contribution in [0.5, 0.6) is 0 Å². The van der Waals surface area contributed by atoms with Gasteiger partial charge in [0.25, 0.3) is 0 Å². The van der Waals surface area contributed by atoms with Gasteiger partial charge in [-0.15, -0.1) is 11.3 Å². The molecular weight excluding hydrogens is 328 g/mol. The Bertz CT molecular complexity index is 700. The summed E-state index contributed by atoms with van der Waals surface area (Å²) in [5, 5.41) is 8.16. The van der Waals surface area contributed by atoms with Crippen molar-refractivity contribution in [1.29, 1.82) is 0 Å². The first-order valence-corrected chi connectivity index (χ1v) is 9.92. The minimum atomic E-state index is 0.510. The number of aliphatic imine (C=N–C) groups is 1. The van der Waals surface area contributed by atoms with Gasteiger partial charge < -0.3 is 10.6 Å². The van der Waals surface area contributed by atoms with Crippen LogP contribution in [0.1, 0.15) is 52.7 Å². The number of guanidine groups is 1. The van der Waals surface area contributed by atoms with E-state index in [9.17, 15) is 0 Å². The summed E-state index contributed by atoms with van der Waals surface area (Å²) in [6.45, 7) is 4.91. The molecule has 1 aromatic carbocycles. The van der Waals surface area contributed by atoms with Gasteiger partial charge in [0.1, 0.15) is 0 Å². The number of thiazole rings is 1. The van der Waals surface area contributed by atoms with Crippen molar-refractivity contribution < 1.29 is 0 Å². The number of benzene rings is 1. The summed E-state index contributed by atoms with van der Waals surface area (Å²) in [7, 11) is 1.84. The summed E-state index contributed by atoms with van der Waals surface area (Å²) in [6, 6.07) is 11.4. The Kier molecular flexibility index (Phi) is 6.08. The van der Waals surface area contributed by atoms with E-state index in [1.54, 1.807) is 11.3 Å². The number of hydrogen-bond donors (Lipinski definition) is 2. The maximum Gasteiger partial charge on any atom is 0.191 e. The van der Waals surface area contributed by atoms with E-state index in [1.165, 1.54) is 36.1 Å². The summed E-state index contributed by atoms with van der Waals surface area (Å²) in [5.41, 5.74) is 2.60. The van der Waals surface area contributed by atoms with Crippen LogP contribution in [0.15, 0.2) is 35.3 Å². The Morgan fingerprint density at radius 1 is 1.16 bits per heavy atom. The van der Waals surface area contributed by atoms with Crippen molar-refractivity contribution in [2.45, 2.75) is 58.0 Å². The van der Waals surface area contributed by atoms with E-state index < -0.39 is 0 Å². The number of nitrogens with one attached hydrogen (secondary N) is 2. The highest BCUT2D eigenvalue weighted by Gasteiger charge is 2.22. The molecule has 0 radical (unpaired) electrons. The summed E-state index contributed by atoms with van der Waals surface area (Å²) in [5.74, 6) is 1.60. The van der Waals surface area contributed by atoms with Crippen LogP contribution in [0.4, 0.5) is 0 Å². The van der Waals surface area contributed by atoms with Crippen molar-refractivity contribution in [2.24, 2.45) is 4.99 Å². The normalized spacial score (nSPS) is 21.2. The topological polar surface area (TPSA) is 49.3 Å². The van der Waals surface area contributed by atoms with Crippen molar-refractivity contribution >= 4 is 17.3 Å². The van der Waals surface area contributed by atoms with Crippen LogP contribution in [0, 0.1) is 13.8 Å². The molecule has 1 aliphatic carbocycles. The zero-order valence-electron chi connectivity index (χ0n) is 15.4. The quantitative estimate of drug-likeness (QED) is 0.639. The van der Waals surface area contributed by atoms with Crippen molar-refractivity contribution in [3.8, 4) is 0 Å². The fraction of sp³-hybridized carbons (Fsp3) is 0.500. The molecule has 1 aliphatic rings. The molecule has 3 rings (SSSR count). The number of nitrogens with zero attached hydrogens (tertiary/aromatic N) is 2. The van der Waals surface area contributed by atoms with Gasteiger partial charge in [-0.1, -0.05) is 30.3 Å². The zero-order chi connectivity index (χ0) is 17.6. The molecule has 0 spiro atoms. The van der Waals surface area contributed by atoms with Crippen molar-refractivity contribution in [1.82, 2.24) is 15.6 Å². The molecule has 0 unspecified atom stereocenters. The van der Waals surface area contributed by atoms with Gasteiger partial charge in [0.15, 0.2) is 5.96 Å². The maximum absolute atomic E-state index is 4.49. The fourth-order valence-corrected chi connectivity index (χ4v) is 4.46. The van der Waals surface area contributed by atoms with Crippen LogP contribution in [0.3, 0.4) is 0 Å². The van der Waals surface area contributed by atoms with E-state index in [0.717, 1.165) is 23.2 Å². The molecule has 1 heterocycles. The maximum atomic E-state index is 4.49. The van der Waals surface area contributed by atoms with Crippen LogP contribution in [0.25, 0.3) is 0 Å². The predicted molar refractivity (Wildman–Crippen MR) is 106 cm³/mol. The monoisotopic (exact) mass is 356 g/mol. The fourth-order valence-electron chi connectivity index (χ4n) is 3.59. The first-order chi connectivity index (χ1) is 12.2. The predicted octanol–water partition coefficient (Wildman–Crippen LogP) is 4.15. The molecule has 134 valence electrons. The molecule has 0 aliphatic heterocycles. The van der Waals surface area contributed by atoms with Crippen LogP contribution in [0.2, 0.25) is 0 Å². The van der Waals surface area contributed by atoms with Gasteiger partial charge >= 0.3 is 0 Å². The summed E-state index contributed by atoms with van der Waals surface area (Å²) in [6.07, 6.45) is 4.87. The van der Waals surface area contributed by atoms with Crippen molar-refractivity contribution in [3.05, 3.63) is 51.5 Å². The average Bonchev–Trinajstić information content (AvgIpc) is 2.97. The molecule has 4 nitrogen and oxygen atoms in total. The Balaban J connectivity index is 1.48. The van der Waals surface area contributed by atoms with Crippen LogP contribution < -0.4 is 10.6 Å². The van der Waals surface area contributed by atoms with Gasteiger partial charge in [0.2, 0.25) is 0 Å². The third kappa shape index (κ3) is 4.82. The van der Waals surface area contributed by atoms with Gasteiger partial charge in [-0.05, 0) is 51.0 Å². The highest BCUT2D eigenvalue weighted by molar-refractivity contribution is 7.11. The summed E-state index contributed by atoms with van der Waals surface area (Å²) in [4.78, 5) is 10.2.